The van der Waals surface area contributed by atoms with Gasteiger partial charge in [0.25, 0.3) is 0 Å². The molecular formula is C13H16BrNO3. The van der Waals surface area contributed by atoms with Crippen LogP contribution < -0.4 is 0 Å². The van der Waals surface area contributed by atoms with E-state index < -0.39 is 12.0 Å². The van der Waals surface area contributed by atoms with E-state index in [0.717, 1.165) is 5.56 Å². The highest BCUT2D eigenvalue weighted by atomic mass is 79.9. The fourth-order valence-electron chi connectivity index (χ4n) is 1.81. The minimum Gasteiger partial charge on any atom is -0.479 e. The fraction of sp³-hybridized carbons (Fsp3) is 0.385. The summed E-state index contributed by atoms with van der Waals surface area (Å²) in [5.41, 5.74) is 1.62. The quantitative estimate of drug-likeness (QED) is 0.822. The summed E-state index contributed by atoms with van der Waals surface area (Å²) in [6.07, 6.45) is 1.31. The maximum Gasteiger partial charge on any atom is 0.331 e. The molecule has 0 aliphatic heterocycles. The molecule has 0 aromatic heterocycles. The van der Waals surface area contributed by atoms with Crippen molar-refractivity contribution < 1.29 is 14.7 Å². The summed E-state index contributed by atoms with van der Waals surface area (Å²) in [6.45, 7) is 4.24. The van der Waals surface area contributed by atoms with Gasteiger partial charge in [-0.15, -0.1) is 0 Å². The first kappa shape index (κ1) is 14.7. The van der Waals surface area contributed by atoms with E-state index in [1.54, 1.807) is 6.07 Å². The van der Waals surface area contributed by atoms with Gasteiger partial charge in [-0.25, -0.2) is 4.79 Å². The summed E-state index contributed by atoms with van der Waals surface area (Å²) in [7, 11) is 0. The van der Waals surface area contributed by atoms with Crippen LogP contribution in [0, 0.1) is 6.92 Å². The lowest BCUT2D eigenvalue weighted by Crippen LogP contribution is -2.34. The summed E-state index contributed by atoms with van der Waals surface area (Å²) >= 11 is 3.36. The Labute approximate surface area is 115 Å². The molecule has 1 rings (SSSR count). The van der Waals surface area contributed by atoms with Crippen molar-refractivity contribution in [3.63, 3.8) is 0 Å². The van der Waals surface area contributed by atoms with Crippen LogP contribution in [0.1, 0.15) is 30.5 Å². The maximum atomic E-state index is 11.4. The lowest BCUT2D eigenvalue weighted by Gasteiger charge is -2.25. The average Bonchev–Trinajstić information content (AvgIpc) is 2.30. The smallest absolute Gasteiger partial charge is 0.331 e. The zero-order valence-electron chi connectivity index (χ0n) is 10.4. The van der Waals surface area contributed by atoms with Crippen LogP contribution >= 0.6 is 15.9 Å². The predicted molar refractivity (Wildman–Crippen MR) is 72.3 cm³/mol. The molecule has 18 heavy (non-hydrogen) atoms. The Bertz CT molecular complexity index is 448. The zero-order chi connectivity index (χ0) is 13.7. The Morgan fingerprint density at radius 3 is 2.67 bits per heavy atom. The number of carbonyl (C=O) groups is 2. The van der Waals surface area contributed by atoms with Crippen molar-refractivity contribution in [2.75, 3.05) is 6.54 Å². The van der Waals surface area contributed by atoms with Crippen molar-refractivity contribution >= 4 is 28.3 Å². The number of halogens is 1. The number of amides is 1. The number of benzene rings is 1. The highest BCUT2D eigenvalue weighted by Crippen LogP contribution is 2.28. The van der Waals surface area contributed by atoms with E-state index >= 15 is 0 Å². The van der Waals surface area contributed by atoms with Crippen molar-refractivity contribution in [2.24, 2.45) is 0 Å². The van der Waals surface area contributed by atoms with Gasteiger partial charge >= 0.3 is 5.97 Å². The Morgan fingerprint density at radius 2 is 2.22 bits per heavy atom. The van der Waals surface area contributed by atoms with Crippen molar-refractivity contribution in [1.29, 1.82) is 0 Å². The molecule has 0 fully saturated rings. The number of hydrogen-bond acceptors (Lipinski definition) is 2. The first-order valence-electron chi connectivity index (χ1n) is 5.71. The Hall–Kier alpha value is -1.36. The van der Waals surface area contributed by atoms with E-state index in [2.05, 4.69) is 15.9 Å². The molecule has 0 spiro atoms. The van der Waals surface area contributed by atoms with Crippen molar-refractivity contribution in [1.82, 2.24) is 4.90 Å². The molecule has 4 nitrogen and oxygen atoms in total. The van der Waals surface area contributed by atoms with Crippen LogP contribution in [0.2, 0.25) is 0 Å². The number of aryl methyl sites for hydroxylation is 1. The van der Waals surface area contributed by atoms with Crippen LogP contribution in [-0.2, 0) is 9.59 Å². The number of carbonyl (C=O) groups excluding carboxylic acids is 1. The third kappa shape index (κ3) is 3.32. The summed E-state index contributed by atoms with van der Waals surface area (Å²) in [4.78, 5) is 23.7. The van der Waals surface area contributed by atoms with Gasteiger partial charge in [-0.05, 0) is 25.0 Å². The second kappa shape index (κ2) is 6.54. The molecule has 0 radical (unpaired) electrons. The summed E-state index contributed by atoms with van der Waals surface area (Å²) in [6, 6.07) is 4.48. The zero-order valence-corrected chi connectivity index (χ0v) is 12.0. The van der Waals surface area contributed by atoms with Gasteiger partial charge in [0.2, 0.25) is 6.41 Å². The normalized spacial score (nSPS) is 11.9. The average molecular weight is 314 g/mol. The lowest BCUT2D eigenvalue weighted by molar-refractivity contribution is -0.146. The molecule has 0 heterocycles. The number of carboxylic acid groups (broad SMARTS) is 1. The third-order valence-electron chi connectivity index (χ3n) is 2.63. The van der Waals surface area contributed by atoms with Gasteiger partial charge in [0.05, 0.1) is 0 Å². The van der Waals surface area contributed by atoms with E-state index in [1.165, 1.54) is 4.90 Å². The number of rotatable bonds is 6. The van der Waals surface area contributed by atoms with Crippen molar-refractivity contribution in [3.05, 3.63) is 33.8 Å². The van der Waals surface area contributed by atoms with Crippen molar-refractivity contribution in [3.8, 4) is 0 Å². The molecule has 0 bridgehead atoms. The molecule has 1 unspecified atom stereocenters. The Balaban J connectivity index is 3.18. The minimum atomic E-state index is -1.03. The van der Waals surface area contributed by atoms with E-state index in [1.807, 2.05) is 26.0 Å². The minimum absolute atomic E-state index is 0.417. The molecule has 1 N–H and O–H groups in total. The topological polar surface area (TPSA) is 57.6 Å². The second-order valence-corrected chi connectivity index (χ2v) is 4.96. The number of aliphatic carboxylic acids is 1. The first-order chi connectivity index (χ1) is 8.51. The maximum absolute atomic E-state index is 11.4. The monoisotopic (exact) mass is 313 g/mol. The standard InChI is InChI=1S/C13H16BrNO3/c1-3-6-15(8-16)12(13(17)18)10-5-4-9(2)7-11(10)14/h4-5,7-8,12H,3,6H2,1-2H3,(H,17,18). The molecule has 1 aromatic rings. The first-order valence-corrected chi connectivity index (χ1v) is 6.50. The molecule has 0 saturated heterocycles. The molecular weight excluding hydrogens is 298 g/mol. The van der Waals surface area contributed by atoms with E-state index in [0.29, 0.717) is 29.4 Å². The molecule has 0 aliphatic carbocycles. The SMILES string of the molecule is CCCN(C=O)C(C(=O)O)c1ccc(C)cc1Br. The highest BCUT2D eigenvalue weighted by Gasteiger charge is 2.27. The highest BCUT2D eigenvalue weighted by molar-refractivity contribution is 9.10. The molecule has 1 aromatic carbocycles. The van der Waals surface area contributed by atoms with Crippen LogP contribution in [0.25, 0.3) is 0 Å². The van der Waals surface area contributed by atoms with Crippen LogP contribution in [0.5, 0.6) is 0 Å². The number of nitrogens with zero attached hydrogens (tertiary/aromatic N) is 1. The molecule has 0 saturated carbocycles. The molecule has 1 amide bonds. The molecule has 1 atom stereocenters. The van der Waals surface area contributed by atoms with E-state index in [-0.39, 0.29) is 0 Å². The summed E-state index contributed by atoms with van der Waals surface area (Å²) in [5.74, 6) is -1.03. The van der Waals surface area contributed by atoms with Crippen molar-refractivity contribution in [2.45, 2.75) is 26.3 Å². The third-order valence-corrected chi connectivity index (χ3v) is 3.32. The van der Waals surface area contributed by atoms with Crippen LogP contribution in [-0.4, -0.2) is 28.9 Å². The van der Waals surface area contributed by atoms with Gasteiger partial charge in [0.1, 0.15) is 0 Å². The van der Waals surface area contributed by atoms with Crippen LogP contribution in [0.15, 0.2) is 22.7 Å². The van der Waals surface area contributed by atoms with Gasteiger partial charge in [-0.3, -0.25) is 4.79 Å². The van der Waals surface area contributed by atoms with E-state index in [9.17, 15) is 14.7 Å². The number of carboxylic acids is 1. The fourth-order valence-corrected chi connectivity index (χ4v) is 2.52. The van der Waals surface area contributed by atoms with Gasteiger partial charge in [0, 0.05) is 16.6 Å². The predicted octanol–water partition coefficient (Wildman–Crippen LogP) is 2.75. The Kier molecular flexibility index (Phi) is 5.34. The van der Waals surface area contributed by atoms with Crippen LogP contribution in [0.4, 0.5) is 0 Å². The summed E-state index contributed by atoms with van der Waals surface area (Å²) < 4.78 is 0.706. The molecule has 0 aliphatic rings. The van der Waals surface area contributed by atoms with Gasteiger partial charge < -0.3 is 10.0 Å². The molecule has 98 valence electrons. The number of hydrogen-bond donors (Lipinski definition) is 1. The largest absolute Gasteiger partial charge is 0.479 e. The molecule has 5 heteroatoms. The second-order valence-electron chi connectivity index (χ2n) is 4.11. The Morgan fingerprint density at radius 1 is 1.56 bits per heavy atom. The van der Waals surface area contributed by atoms with Gasteiger partial charge in [-0.1, -0.05) is 35.0 Å². The van der Waals surface area contributed by atoms with Crippen LogP contribution in [0.3, 0.4) is 0 Å². The summed E-state index contributed by atoms with van der Waals surface area (Å²) in [5, 5.41) is 9.33. The lowest BCUT2D eigenvalue weighted by atomic mass is 10.0. The van der Waals surface area contributed by atoms with Gasteiger partial charge in [0.15, 0.2) is 6.04 Å². The van der Waals surface area contributed by atoms with E-state index in [4.69, 9.17) is 0 Å². The van der Waals surface area contributed by atoms with Gasteiger partial charge in [-0.2, -0.15) is 0 Å².